The van der Waals surface area contributed by atoms with E-state index in [1.807, 2.05) is 30.3 Å². The zero-order chi connectivity index (χ0) is 22.7. The molecule has 164 valence electrons. The number of methoxy groups -OCH3 is 3. The van der Waals surface area contributed by atoms with Crippen molar-refractivity contribution in [2.75, 3.05) is 21.3 Å². The Morgan fingerprint density at radius 1 is 0.938 bits per heavy atom. The maximum Gasteiger partial charge on any atom is 0.252 e. The van der Waals surface area contributed by atoms with Crippen molar-refractivity contribution in [1.29, 1.82) is 0 Å². The summed E-state index contributed by atoms with van der Waals surface area (Å²) in [4.78, 5) is 13.2. The van der Waals surface area contributed by atoms with E-state index in [9.17, 15) is 4.79 Å². The van der Waals surface area contributed by atoms with Gasteiger partial charge in [-0.2, -0.15) is 0 Å². The van der Waals surface area contributed by atoms with Crippen LogP contribution in [0.25, 0.3) is 22.1 Å². The number of ether oxygens (including phenoxy) is 3. The minimum Gasteiger partial charge on any atom is -0.497 e. The fraction of sp³-hybridized carbons (Fsp3) is 0.160. The molecule has 0 saturated heterocycles. The van der Waals surface area contributed by atoms with Crippen LogP contribution in [0, 0.1) is 0 Å². The molecule has 4 rings (SSSR count). The Morgan fingerprint density at radius 2 is 1.59 bits per heavy atom. The third kappa shape index (κ3) is 4.22. The Bertz CT molecular complexity index is 1260. The van der Waals surface area contributed by atoms with E-state index < -0.39 is 0 Å². The number of furan rings is 1. The predicted octanol–water partition coefficient (Wildman–Crippen LogP) is 5.71. The first-order valence-electron chi connectivity index (χ1n) is 9.88. The molecule has 0 bridgehead atoms. The molecule has 0 radical (unpaired) electrons. The van der Waals surface area contributed by atoms with Crippen LogP contribution >= 0.6 is 11.6 Å². The maximum atomic E-state index is 13.2. The van der Waals surface area contributed by atoms with Gasteiger partial charge in [-0.1, -0.05) is 29.8 Å². The van der Waals surface area contributed by atoms with E-state index in [2.05, 4.69) is 5.32 Å². The van der Waals surface area contributed by atoms with Gasteiger partial charge >= 0.3 is 0 Å². The summed E-state index contributed by atoms with van der Waals surface area (Å²) in [5, 5.41) is 4.20. The molecule has 1 N–H and O–H groups in total. The standard InChI is InChI=1S/C25H22ClNO5/c1-29-17-8-16(9-18(10-17)30-2)21-14-32-23-12-19(31-3)11-20(24(21)23)25(28)27-13-15-6-4-5-7-22(15)26/h4-12,14H,13H2,1-3H3,(H,27,28). The third-order valence-electron chi connectivity index (χ3n) is 5.19. The lowest BCUT2D eigenvalue weighted by molar-refractivity contribution is 0.0952. The van der Waals surface area contributed by atoms with Crippen molar-refractivity contribution in [1.82, 2.24) is 5.32 Å². The van der Waals surface area contributed by atoms with E-state index in [0.717, 1.165) is 16.7 Å². The number of hydrogen-bond acceptors (Lipinski definition) is 5. The molecule has 0 spiro atoms. The van der Waals surface area contributed by atoms with Gasteiger partial charge in [0.2, 0.25) is 0 Å². The zero-order valence-electron chi connectivity index (χ0n) is 17.9. The van der Waals surface area contributed by atoms with E-state index in [4.69, 9.17) is 30.2 Å². The zero-order valence-corrected chi connectivity index (χ0v) is 18.7. The molecule has 6 nitrogen and oxygen atoms in total. The number of carbonyl (C=O) groups is 1. The lowest BCUT2D eigenvalue weighted by atomic mass is 9.99. The van der Waals surface area contributed by atoms with Gasteiger partial charge in [-0.25, -0.2) is 0 Å². The summed E-state index contributed by atoms with van der Waals surface area (Å²) >= 11 is 6.23. The number of fused-ring (bicyclic) bond motifs is 1. The van der Waals surface area contributed by atoms with E-state index in [0.29, 0.717) is 38.8 Å². The Labute approximate surface area is 190 Å². The van der Waals surface area contributed by atoms with Gasteiger partial charge in [0.15, 0.2) is 0 Å². The van der Waals surface area contributed by atoms with E-state index in [-0.39, 0.29) is 12.5 Å². The largest absolute Gasteiger partial charge is 0.497 e. The average Bonchev–Trinajstić information content (AvgIpc) is 3.26. The van der Waals surface area contributed by atoms with Crippen LogP contribution in [0.4, 0.5) is 0 Å². The summed E-state index contributed by atoms with van der Waals surface area (Å²) in [5.41, 5.74) is 3.32. The van der Waals surface area contributed by atoms with Crippen LogP contribution < -0.4 is 19.5 Å². The molecule has 1 aromatic heterocycles. The van der Waals surface area contributed by atoms with Gasteiger partial charge in [-0.3, -0.25) is 4.79 Å². The molecule has 0 aliphatic carbocycles. The average molecular weight is 452 g/mol. The molecule has 7 heteroatoms. The first kappa shape index (κ1) is 21.6. The number of carbonyl (C=O) groups excluding carboxylic acids is 1. The number of rotatable bonds is 7. The van der Waals surface area contributed by atoms with Crippen molar-refractivity contribution in [3.63, 3.8) is 0 Å². The van der Waals surface area contributed by atoms with E-state index in [1.165, 1.54) is 0 Å². The van der Waals surface area contributed by atoms with Crippen molar-refractivity contribution in [2.24, 2.45) is 0 Å². The van der Waals surface area contributed by atoms with Crippen LogP contribution in [0.5, 0.6) is 17.2 Å². The molecule has 0 unspecified atom stereocenters. The molecule has 0 fully saturated rings. The highest BCUT2D eigenvalue weighted by Gasteiger charge is 2.20. The second kappa shape index (κ2) is 9.24. The number of nitrogens with one attached hydrogen (secondary N) is 1. The highest BCUT2D eigenvalue weighted by Crippen LogP contribution is 2.38. The first-order chi connectivity index (χ1) is 15.5. The van der Waals surface area contributed by atoms with Crippen LogP contribution in [0.1, 0.15) is 15.9 Å². The van der Waals surface area contributed by atoms with Gasteiger partial charge in [0.1, 0.15) is 22.8 Å². The maximum absolute atomic E-state index is 13.2. The third-order valence-corrected chi connectivity index (χ3v) is 5.56. The lowest BCUT2D eigenvalue weighted by Gasteiger charge is -2.11. The quantitative estimate of drug-likeness (QED) is 0.389. The Hall–Kier alpha value is -3.64. The van der Waals surface area contributed by atoms with Crippen molar-refractivity contribution >= 4 is 28.5 Å². The fourth-order valence-electron chi connectivity index (χ4n) is 3.53. The van der Waals surface area contributed by atoms with Crippen molar-refractivity contribution < 1.29 is 23.4 Å². The highest BCUT2D eigenvalue weighted by molar-refractivity contribution is 6.31. The molecule has 32 heavy (non-hydrogen) atoms. The molecule has 0 saturated carbocycles. The molecule has 0 aliphatic heterocycles. The molecule has 1 amide bonds. The van der Waals surface area contributed by atoms with Crippen LogP contribution in [-0.2, 0) is 6.54 Å². The normalized spacial score (nSPS) is 10.8. The Morgan fingerprint density at radius 3 is 2.25 bits per heavy atom. The van der Waals surface area contributed by atoms with Gasteiger partial charge in [0.25, 0.3) is 5.91 Å². The minimum atomic E-state index is -0.272. The summed E-state index contributed by atoms with van der Waals surface area (Å²) in [5.74, 6) is 1.51. The number of benzene rings is 3. The molecule has 0 aliphatic rings. The highest BCUT2D eigenvalue weighted by atomic mass is 35.5. The number of hydrogen-bond donors (Lipinski definition) is 1. The Kier molecular flexibility index (Phi) is 6.23. The van der Waals surface area contributed by atoms with Crippen molar-refractivity contribution in [3.8, 4) is 28.4 Å². The summed E-state index contributed by atoms with van der Waals surface area (Å²) in [6, 6.07) is 16.3. The second-order valence-corrected chi connectivity index (χ2v) is 7.48. The molecular formula is C25H22ClNO5. The van der Waals surface area contributed by atoms with Gasteiger partial charge < -0.3 is 23.9 Å². The monoisotopic (exact) mass is 451 g/mol. The summed E-state index contributed by atoms with van der Waals surface area (Å²) in [7, 11) is 4.72. The summed E-state index contributed by atoms with van der Waals surface area (Å²) in [6.07, 6.45) is 1.61. The van der Waals surface area contributed by atoms with Crippen LogP contribution in [0.3, 0.4) is 0 Å². The molecule has 1 heterocycles. The van der Waals surface area contributed by atoms with Gasteiger partial charge in [-0.15, -0.1) is 0 Å². The van der Waals surface area contributed by atoms with Crippen LogP contribution in [0.2, 0.25) is 5.02 Å². The van der Waals surface area contributed by atoms with E-state index in [1.54, 1.807) is 51.9 Å². The van der Waals surface area contributed by atoms with Gasteiger partial charge in [-0.05, 0) is 35.4 Å². The van der Waals surface area contributed by atoms with E-state index >= 15 is 0 Å². The van der Waals surface area contributed by atoms with Crippen molar-refractivity contribution in [3.05, 3.63) is 77.0 Å². The molecule has 0 atom stereocenters. The lowest BCUT2D eigenvalue weighted by Crippen LogP contribution is -2.23. The predicted molar refractivity (Wildman–Crippen MR) is 124 cm³/mol. The SMILES string of the molecule is COc1cc(OC)cc(-c2coc3cc(OC)cc(C(=O)NCc4ccccc4Cl)c23)c1. The second-order valence-electron chi connectivity index (χ2n) is 7.07. The number of halogens is 1. The topological polar surface area (TPSA) is 69.9 Å². The van der Waals surface area contributed by atoms with Crippen LogP contribution in [0.15, 0.2) is 65.3 Å². The molecular weight excluding hydrogens is 430 g/mol. The van der Waals surface area contributed by atoms with Crippen molar-refractivity contribution in [2.45, 2.75) is 6.54 Å². The molecule has 4 aromatic rings. The summed E-state index contributed by atoms with van der Waals surface area (Å²) < 4.78 is 22.0. The first-order valence-corrected chi connectivity index (χ1v) is 10.3. The Balaban J connectivity index is 1.79. The van der Waals surface area contributed by atoms with Gasteiger partial charge in [0, 0.05) is 34.6 Å². The smallest absolute Gasteiger partial charge is 0.252 e. The molecule has 3 aromatic carbocycles. The van der Waals surface area contributed by atoms with Gasteiger partial charge in [0.05, 0.1) is 33.2 Å². The fourth-order valence-corrected chi connectivity index (χ4v) is 3.73. The minimum absolute atomic E-state index is 0.272. The van der Waals surface area contributed by atoms with Crippen LogP contribution in [-0.4, -0.2) is 27.2 Å². The summed E-state index contributed by atoms with van der Waals surface area (Å²) in [6.45, 7) is 0.289. The number of amides is 1.